The maximum absolute atomic E-state index is 12.7. The second kappa shape index (κ2) is 6.52. The van der Waals surface area contributed by atoms with E-state index in [0.717, 1.165) is 5.56 Å². The molecule has 20 heavy (non-hydrogen) atoms. The van der Waals surface area contributed by atoms with Crippen LogP contribution in [0.5, 0.6) is 0 Å². The van der Waals surface area contributed by atoms with E-state index in [1.807, 2.05) is 37.3 Å². The highest BCUT2D eigenvalue weighted by Crippen LogP contribution is 2.24. The van der Waals surface area contributed by atoms with Crippen molar-refractivity contribution >= 4 is 11.9 Å². The summed E-state index contributed by atoms with van der Waals surface area (Å²) in [5, 5.41) is 9.21. The van der Waals surface area contributed by atoms with Gasteiger partial charge in [-0.05, 0) is 12.0 Å². The van der Waals surface area contributed by atoms with Crippen LogP contribution >= 0.6 is 0 Å². The number of carboxylic acid groups (broad SMARTS) is 1. The molecule has 0 radical (unpaired) electrons. The zero-order valence-electron chi connectivity index (χ0n) is 11.5. The van der Waals surface area contributed by atoms with Gasteiger partial charge in [-0.1, -0.05) is 37.3 Å². The van der Waals surface area contributed by atoms with Crippen LogP contribution in [0.1, 0.15) is 24.8 Å². The lowest BCUT2D eigenvalue weighted by molar-refractivity contribution is -0.159. The van der Waals surface area contributed by atoms with Crippen LogP contribution in [0, 0.1) is 0 Å². The average Bonchev–Trinajstić information content (AvgIpc) is 2.49. The molecule has 1 aromatic rings. The Morgan fingerprint density at radius 1 is 1.40 bits per heavy atom. The summed E-state index contributed by atoms with van der Waals surface area (Å²) < 4.78 is 5.17. The van der Waals surface area contributed by atoms with Crippen LogP contribution in [-0.4, -0.2) is 47.7 Å². The lowest BCUT2D eigenvalue weighted by Gasteiger charge is -2.35. The highest BCUT2D eigenvalue weighted by Gasteiger charge is 2.35. The van der Waals surface area contributed by atoms with E-state index in [2.05, 4.69) is 0 Å². The zero-order chi connectivity index (χ0) is 14.5. The van der Waals surface area contributed by atoms with Gasteiger partial charge < -0.3 is 14.7 Å². The van der Waals surface area contributed by atoms with Crippen LogP contribution < -0.4 is 0 Å². The molecular formula is C15H19NO4. The summed E-state index contributed by atoms with van der Waals surface area (Å²) in [6.07, 6.45) is 0.645. The van der Waals surface area contributed by atoms with Crippen LogP contribution in [-0.2, 0) is 14.3 Å². The number of amides is 1. The minimum absolute atomic E-state index is 0.0618. The number of aliphatic carboxylic acids is 1. The molecule has 0 saturated carbocycles. The van der Waals surface area contributed by atoms with Gasteiger partial charge in [0, 0.05) is 6.54 Å². The summed E-state index contributed by atoms with van der Waals surface area (Å²) in [5.74, 6) is -1.44. The minimum atomic E-state index is -1.01. The van der Waals surface area contributed by atoms with Gasteiger partial charge >= 0.3 is 5.97 Å². The summed E-state index contributed by atoms with van der Waals surface area (Å²) in [5.41, 5.74) is 0.927. The van der Waals surface area contributed by atoms with E-state index in [0.29, 0.717) is 19.6 Å². The number of ether oxygens (including phenoxy) is 1. The molecule has 1 aliphatic rings. The van der Waals surface area contributed by atoms with Gasteiger partial charge in [0.15, 0.2) is 6.04 Å². The Hall–Kier alpha value is -1.88. The maximum Gasteiger partial charge on any atom is 0.328 e. The van der Waals surface area contributed by atoms with Crippen molar-refractivity contribution in [3.63, 3.8) is 0 Å². The van der Waals surface area contributed by atoms with Gasteiger partial charge in [0.1, 0.15) is 0 Å². The quantitative estimate of drug-likeness (QED) is 0.905. The first kappa shape index (κ1) is 14.5. The summed E-state index contributed by atoms with van der Waals surface area (Å²) >= 11 is 0. The van der Waals surface area contributed by atoms with E-state index in [1.54, 1.807) is 0 Å². The molecule has 5 heteroatoms. The van der Waals surface area contributed by atoms with Crippen LogP contribution in [0.2, 0.25) is 0 Å². The lowest BCUT2D eigenvalue weighted by atomic mass is 9.94. The molecule has 1 heterocycles. The van der Waals surface area contributed by atoms with E-state index in [1.165, 1.54) is 4.90 Å². The van der Waals surface area contributed by atoms with Gasteiger partial charge in [-0.3, -0.25) is 4.79 Å². The Morgan fingerprint density at radius 2 is 2.10 bits per heavy atom. The molecule has 1 aromatic carbocycles. The van der Waals surface area contributed by atoms with Crippen LogP contribution in [0.3, 0.4) is 0 Å². The molecule has 0 aromatic heterocycles. The van der Waals surface area contributed by atoms with Crippen molar-refractivity contribution in [1.29, 1.82) is 0 Å². The fourth-order valence-electron chi connectivity index (χ4n) is 2.51. The first-order valence-corrected chi connectivity index (χ1v) is 6.81. The molecule has 0 aliphatic carbocycles. The van der Waals surface area contributed by atoms with E-state index in [9.17, 15) is 14.7 Å². The SMILES string of the molecule is CC[C@@H](C(=O)N1CCOC[C@@H]1C(=O)O)c1ccccc1. The summed E-state index contributed by atoms with van der Waals surface area (Å²) in [6.45, 7) is 2.72. The predicted molar refractivity (Wildman–Crippen MR) is 73.4 cm³/mol. The highest BCUT2D eigenvalue weighted by molar-refractivity contribution is 5.88. The fraction of sp³-hybridized carbons (Fsp3) is 0.467. The van der Waals surface area contributed by atoms with Gasteiger partial charge in [0.05, 0.1) is 19.1 Å². The first-order valence-electron chi connectivity index (χ1n) is 6.81. The standard InChI is InChI=1S/C15H19NO4/c1-2-12(11-6-4-3-5-7-11)14(17)16-8-9-20-10-13(16)15(18)19/h3-7,12-13H,2,8-10H2,1H3,(H,18,19)/t12-,13-/m1/s1. The van der Waals surface area contributed by atoms with Crippen molar-refractivity contribution in [2.75, 3.05) is 19.8 Å². The number of hydrogen-bond donors (Lipinski definition) is 1. The smallest absolute Gasteiger partial charge is 0.328 e. The van der Waals surface area contributed by atoms with E-state index < -0.39 is 12.0 Å². The Balaban J connectivity index is 2.21. The zero-order valence-corrected chi connectivity index (χ0v) is 11.5. The maximum atomic E-state index is 12.7. The third-order valence-corrected chi connectivity index (χ3v) is 3.60. The van der Waals surface area contributed by atoms with Crippen molar-refractivity contribution < 1.29 is 19.4 Å². The molecule has 1 aliphatic heterocycles. The number of carbonyl (C=O) groups excluding carboxylic acids is 1. The average molecular weight is 277 g/mol. The third-order valence-electron chi connectivity index (χ3n) is 3.60. The minimum Gasteiger partial charge on any atom is -0.480 e. The number of nitrogens with zero attached hydrogens (tertiary/aromatic N) is 1. The summed E-state index contributed by atoms with van der Waals surface area (Å²) in [4.78, 5) is 25.3. The third kappa shape index (κ3) is 2.99. The van der Waals surface area contributed by atoms with Gasteiger partial charge in [0.2, 0.25) is 5.91 Å². The lowest BCUT2D eigenvalue weighted by Crippen LogP contribution is -2.53. The summed E-state index contributed by atoms with van der Waals surface area (Å²) in [7, 11) is 0. The molecule has 2 atom stereocenters. The monoisotopic (exact) mass is 277 g/mol. The largest absolute Gasteiger partial charge is 0.480 e. The molecule has 108 valence electrons. The van der Waals surface area contributed by atoms with Crippen molar-refractivity contribution in [1.82, 2.24) is 4.90 Å². The molecule has 0 unspecified atom stereocenters. The second-order valence-electron chi connectivity index (χ2n) is 4.83. The molecule has 1 amide bonds. The Kier molecular flexibility index (Phi) is 4.74. The molecule has 0 spiro atoms. The van der Waals surface area contributed by atoms with E-state index >= 15 is 0 Å². The Labute approximate surface area is 118 Å². The predicted octanol–water partition coefficient (Wildman–Crippen LogP) is 1.49. The highest BCUT2D eigenvalue weighted by atomic mass is 16.5. The normalized spacial score (nSPS) is 20.4. The van der Waals surface area contributed by atoms with Gasteiger partial charge in [0.25, 0.3) is 0 Å². The number of morpholine rings is 1. The van der Waals surface area contributed by atoms with Crippen molar-refractivity contribution in [3.05, 3.63) is 35.9 Å². The molecule has 5 nitrogen and oxygen atoms in total. The van der Waals surface area contributed by atoms with Crippen molar-refractivity contribution in [2.24, 2.45) is 0 Å². The number of rotatable bonds is 4. The molecule has 1 N–H and O–H groups in total. The fourth-order valence-corrected chi connectivity index (χ4v) is 2.51. The summed E-state index contributed by atoms with van der Waals surface area (Å²) in [6, 6.07) is 8.60. The van der Waals surface area contributed by atoms with E-state index in [4.69, 9.17) is 4.74 Å². The van der Waals surface area contributed by atoms with Crippen LogP contribution in [0.25, 0.3) is 0 Å². The molecule has 2 rings (SSSR count). The van der Waals surface area contributed by atoms with E-state index in [-0.39, 0.29) is 18.4 Å². The van der Waals surface area contributed by atoms with Crippen LogP contribution in [0.15, 0.2) is 30.3 Å². The van der Waals surface area contributed by atoms with Crippen molar-refractivity contribution in [2.45, 2.75) is 25.3 Å². The Bertz CT molecular complexity index is 474. The topological polar surface area (TPSA) is 66.8 Å². The molecule has 0 bridgehead atoms. The van der Waals surface area contributed by atoms with Crippen LogP contribution in [0.4, 0.5) is 0 Å². The number of carboxylic acids is 1. The first-order chi connectivity index (χ1) is 9.65. The number of benzene rings is 1. The van der Waals surface area contributed by atoms with Crippen molar-refractivity contribution in [3.8, 4) is 0 Å². The van der Waals surface area contributed by atoms with Gasteiger partial charge in [-0.25, -0.2) is 4.79 Å². The Morgan fingerprint density at radius 3 is 2.70 bits per heavy atom. The number of hydrogen-bond acceptors (Lipinski definition) is 3. The number of carbonyl (C=O) groups is 2. The van der Waals surface area contributed by atoms with Gasteiger partial charge in [-0.15, -0.1) is 0 Å². The molecular weight excluding hydrogens is 258 g/mol. The molecule has 1 fully saturated rings. The molecule has 1 saturated heterocycles. The van der Waals surface area contributed by atoms with Gasteiger partial charge in [-0.2, -0.15) is 0 Å². The second-order valence-corrected chi connectivity index (χ2v) is 4.83.